The van der Waals surface area contributed by atoms with Crippen molar-refractivity contribution in [2.45, 2.75) is 69.8 Å². The lowest BCUT2D eigenvalue weighted by molar-refractivity contribution is -0.131. The van der Waals surface area contributed by atoms with E-state index in [1.54, 1.807) is 0 Å². The van der Waals surface area contributed by atoms with E-state index < -0.39 is 0 Å². The molecule has 1 aromatic rings. The summed E-state index contributed by atoms with van der Waals surface area (Å²) >= 11 is 1.98. The van der Waals surface area contributed by atoms with Gasteiger partial charge in [-0.1, -0.05) is 30.7 Å². The molecule has 2 aliphatic rings. The van der Waals surface area contributed by atoms with Crippen molar-refractivity contribution >= 4 is 23.6 Å². The molecule has 0 bridgehead atoms. The first-order chi connectivity index (χ1) is 13.7. The number of nitrogens with zero attached hydrogens (tertiary/aromatic N) is 2. The third-order valence-corrected chi connectivity index (χ3v) is 6.75. The van der Waals surface area contributed by atoms with Gasteiger partial charge in [-0.25, -0.2) is 0 Å². The zero-order valence-corrected chi connectivity index (χ0v) is 18.1. The molecule has 1 heterocycles. The predicted octanol–water partition coefficient (Wildman–Crippen LogP) is 3.54. The van der Waals surface area contributed by atoms with Crippen LogP contribution in [0, 0.1) is 0 Å². The summed E-state index contributed by atoms with van der Waals surface area (Å²) < 4.78 is 0. The highest BCUT2D eigenvalue weighted by molar-refractivity contribution is 7.99. The van der Waals surface area contributed by atoms with E-state index in [9.17, 15) is 4.79 Å². The number of hydrogen-bond donors (Lipinski definition) is 2. The number of guanidine groups is 1. The van der Waals surface area contributed by atoms with Crippen LogP contribution >= 0.6 is 11.8 Å². The molecule has 2 atom stereocenters. The van der Waals surface area contributed by atoms with Crippen molar-refractivity contribution in [1.29, 1.82) is 0 Å². The Hall–Kier alpha value is -1.69. The second kappa shape index (κ2) is 10.7. The van der Waals surface area contributed by atoms with E-state index in [0.717, 1.165) is 37.3 Å². The summed E-state index contributed by atoms with van der Waals surface area (Å²) in [5, 5.41) is 7.72. The van der Waals surface area contributed by atoms with Crippen LogP contribution in [0.15, 0.2) is 29.3 Å². The molecule has 0 aromatic heterocycles. The molecule has 1 amide bonds. The lowest BCUT2D eigenvalue weighted by Crippen LogP contribution is -2.45. The van der Waals surface area contributed by atoms with Gasteiger partial charge in [-0.2, -0.15) is 11.8 Å². The van der Waals surface area contributed by atoms with Crippen LogP contribution in [0.3, 0.4) is 0 Å². The minimum absolute atomic E-state index is 0.236. The van der Waals surface area contributed by atoms with Gasteiger partial charge in [0.2, 0.25) is 5.91 Å². The van der Waals surface area contributed by atoms with E-state index >= 15 is 0 Å². The molecule has 154 valence electrons. The SMILES string of the molecule is CCNC(=NCCCC(=O)N1Cc2ccccc2C1)NC1CCCC(SC)C1. The Kier molecular flexibility index (Phi) is 8.07. The fraction of sp³-hybridized carbons (Fsp3) is 0.636. The summed E-state index contributed by atoms with van der Waals surface area (Å²) in [6.45, 7) is 5.13. The van der Waals surface area contributed by atoms with Crippen LogP contribution in [0.1, 0.15) is 56.6 Å². The van der Waals surface area contributed by atoms with E-state index in [4.69, 9.17) is 4.99 Å². The highest BCUT2D eigenvalue weighted by atomic mass is 32.2. The first kappa shape index (κ1) is 21.0. The highest BCUT2D eigenvalue weighted by Gasteiger charge is 2.23. The molecule has 5 nitrogen and oxygen atoms in total. The van der Waals surface area contributed by atoms with Gasteiger partial charge in [0.05, 0.1) is 0 Å². The van der Waals surface area contributed by atoms with Crippen molar-refractivity contribution in [2.75, 3.05) is 19.3 Å². The van der Waals surface area contributed by atoms with E-state index in [-0.39, 0.29) is 5.91 Å². The highest BCUT2D eigenvalue weighted by Crippen LogP contribution is 2.27. The molecular formula is C22H34N4OS. The molecule has 2 unspecified atom stereocenters. The van der Waals surface area contributed by atoms with Gasteiger partial charge in [-0.15, -0.1) is 0 Å². The Bertz CT molecular complexity index is 653. The monoisotopic (exact) mass is 402 g/mol. The van der Waals surface area contributed by atoms with Gasteiger partial charge in [0, 0.05) is 43.9 Å². The quantitative estimate of drug-likeness (QED) is 0.416. The average Bonchev–Trinajstić information content (AvgIpc) is 3.15. The summed E-state index contributed by atoms with van der Waals surface area (Å²) in [5.74, 6) is 1.13. The zero-order chi connectivity index (χ0) is 19.8. The molecule has 1 fully saturated rings. The van der Waals surface area contributed by atoms with Gasteiger partial charge in [0.15, 0.2) is 5.96 Å². The summed E-state index contributed by atoms with van der Waals surface area (Å²) in [4.78, 5) is 19.2. The van der Waals surface area contributed by atoms with E-state index in [2.05, 4.69) is 35.9 Å². The van der Waals surface area contributed by atoms with Gasteiger partial charge in [-0.3, -0.25) is 9.79 Å². The van der Waals surface area contributed by atoms with Crippen LogP contribution in [-0.4, -0.2) is 47.4 Å². The molecule has 0 radical (unpaired) electrons. The van der Waals surface area contributed by atoms with E-state index in [1.165, 1.54) is 36.8 Å². The third-order valence-electron chi connectivity index (χ3n) is 5.66. The van der Waals surface area contributed by atoms with Crippen molar-refractivity contribution in [3.8, 4) is 0 Å². The Labute approximate surface area is 173 Å². The van der Waals surface area contributed by atoms with Crippen molar-refractivity contribution in [2.24, 2.45) is 4.99 Å². The van der Waals surface area contributed by atoms with Crippen LogP contribution in [0.25, 0.3) is 0 Å². The Morgan fingerprint density at radius 2 is 2.00 bits per heavy atom. The molecule has 6 heteroatoms. The van der Waals surface area contributed by atoms with Crippen LogP contribution < -0.4 is 10.6 Å². The normalized spacial score (nSPS) is 22.1. The average molecular weight is 403 g/mol. The van der Waals surface area contributed by atoms with Crippen LogP contribution in [-0.2, 0) is 17.9 Å². The number of fused-ring (bicyclic) bond motifs is 1. The summed E-state index contributed by atoms with van der Waals surface area (Å²) in [6.07, 6.45) is 8.61. The molecule has 0 spiro atoms. The molecule has 0 saturated heterocycles. The van der Waals surface area contributed by atoms with Crippen LogP contribution in [0.4, 0.5) is 0 Å². The molecular weight excluding hydrogens is 368 g/mol. The smallest absolute Gasteiger partial charge is 0.223 e. The molecule has 28 heavy (non-hydrogen) atoms. The van der Waals surface area contributed by atoms with Crippen molar-refractivity contribution in [1.82, 2.24) is 15.5 Å². The molecule has 2 N–H and O–H groups in total. The maximum Gasteiger partial charge on any atom is 0.223 e. The number of rotatable bonds is 7. The zero-order valence-electron chi connectivity index (χ0n) is 17.2. The van der Waals surface area contributed by atoms with Gasteiger partial charge < -0.3 is 15.5 Å². The Balaban J connectivity index is 1.42. The number of carbonyl (C=O) groups excluding carboxylic acids is 1. The number of hydrogen-bond acceptors (Lipinski definition) is 3. The third kappa shape index (κ3) is 5.90. The molecule has 1 aliphatic carbocycles. The fourth-order valence-corrected chi connectivity index (χ4v) is 4.92. The standard InChI is InChI=1S/C22H34N4OS/c1-3-23-22(25-19-10-6-11-20(14-19)28-2)24-13-7-12-21(27)26-15-17-8-4-5-9-18(17)16-26/h4-5,8-9,19-20H,3,6-7,10-16H2,1-2H3,(H2,23,24,25). The maximum atomic E-state index is 12.5. The molecule has 1 aromatic carbocycles. The number of nitrogens with one attached hydrogen (secondary N) is 2. The summed E-state index contributed by atoms with van der Waals surface area (Å²) in [7, 11) is 0. The molecule has 1 aliphatic heterocycles. The lowest BCUT2D eigenvalue weighted by Gasteiger charge is -2.29. The summed E-state index contributed by atoms with van der Waals surface area (Å²) in [5.41, 5.74) is 2.56. The van der Waals surface area contributed by atoms with Gasteiger partial charge in [0.25, 0.3) is 0 Å². The number of aliphatic imine (C=N–C) groups is 1. The second-order valence-corrected chi connectivity index (χ2v) is 8.89. The van der Waals surface area contributed by atoms with E-state index in [1.807, 2.05) is 28.8 Å². The minimum atomic E-state index is 0.236. The molecule has 1 saturated carbocycles. The topological polar surface area (TPSA) is 56.7 Å². The maximum absolute atomic E-state index is 12.5. The van der Waals surface area contributed by atoms with Crippen molar-refractivity contribution in [3.05, 3.63) is 35.4 Å². The summed E-state index contributed by atoms with van der Waals surface area (Å²) in [6, 6.07) is 8.84. The van der Waals surface area contributed by atoms with Crippen LogP contribution in [0.5, 0.6) is 0 Å². The van der Waals surface area contributed by atoms with Crippen LogP contribution in [0.2, 0.25) is 0 Å². The number of benzene rings is 1. The largest absolute Gasteiger partial charge is 0.357 e. The number of carbonyl (C=O) groups is 1. The van der Waals surface area contributed by atoms with Gasteiger partial charge >= 0.3 is 0 Å². The second-order valence-electron chi connectivity index (χ2n) is 7.75. The van der Waals surface area contributed by atoms with Gasteiger partial charge in [-0.05, 0) is 50.0 Å². The molecule has 3 rings (SSSR count). The number of amides is 1. The number of thioether (sulfide) groups is 1. The van der Waals surface area contributed by atoms with Crippen molar-refractivity contribution < 1.29 is 4.79 Å². The first-order valence-corrected chi connectivity index (χ1v) is 11.9. The Morgan fingerprint density at radius 3 is 2.68 bits per heavy atom. The predicted molar refractivity (Wildman–Crippen MR) is 119 cm³/mol. The Morgan fingerprint density at radius 1 is 1.25 bits per heavy atom. The lowest BCUT2D eigenvalue weighted by atomic mass is 9.95. The minimum Gasteiger partial charge on any atom is -0.357 e. The van der Waals surface area contributed by atoms with Gasteiger partial charge in [0.1, 0.15) is 0 Å². The van der Waals surface area contributed by atoms with E-state index in [0.29, 0.717) is 19.0 Å². The van der Waals surface area contributed by atoms with Crippen molar-refractivity contribution in [3.63, 3.8) is 0 Å². The first-order valence-electron chi connectivity index (χ1n) is 10.6. The fourth-order valence-electron chi connectivity index (χ4n) is 4.09.